The number of carbonyl (C=O) groups excluding carboxylic acids is 1. The molecule has 2 aromatic rings. The van der Waals surface area contributed by atoms with E-state index < -0.39 is 4.92 Å². The van der Waals surface area contributed by atoms with Gasteiger partial charge in [-0.1, -0.05) is 12.1 Å². The molecule has 122 valence electrons. The lowest BCUT2D eigenvalue weighted by atomic mass is 9.84. The highest BCUT2D eigenvalue weighted by Gasteiger charge is 2.30. The number of nitro groups is 1. The molecule has 2 heterocycles. The Kier molecular flexibility index (Phi) is 3.34. The van der Waals surface area contributed by atoms with Gasteiger partial charge in [-0.05, 0) is 17.2 Å². The summed E-state index contributed by atoms with van der Waals surface area (Å²) in [5, 5.41) is 13.9. The smallest absolute Gasteiger partial charge is 0.269 e. The molecule has 7 nitrogen and oxygen atoms in total. The van der Waals surface area contributed by atoms with Gasteiger partial charge in [0.05, 0.1) is 4.92 Å². The van der Waals surface area contributed by atoms with Gasteiger partial charge in [0.2, 0.25) is 5.91 Å². The van der Waals surface area contributed by atoms with Crippen LogP contribution >= 0.6 is 0 Å². The van der Waals surface area contributed by atoms with Gasteiger partial charge in [0.25, 0.3) is 5.69 Å². The van der Waals surface area contributed by atoms with Crippen LogP contribution in [-0.4, -0.2) is 24.0 Å². The standard InChI is InChI=1S/C17H14N2O5/c20-17-8-12(10-2-1-3-11(6-10)19(21)22)13-7-15-16(9-14(13)18-17)24-5-4-23-15/h1-3,6-7,9,12H,4-5,8H2,(H,18,20). The SMILES string of the molecule is O=C1CC(c2cccc([N+](=O)[O-])c2)c2cc3c(cc2N1)OCCO3. The third-order valence-corrected chi connectivity index (χ3v) is 4.24. The minimum atomic E-state index is -0.433. The summed E-state index contributed by atoms with van der Waals surface area (Å²) in [7, 11) is 0. The number of nitrogens with zero attached hydrogens (tertiary/aromatic N) is 1. The van der Waals surface area contributed by atoms with Crippen LogP contribution in [0.15, 0.2) is 36.4 Å². The van der Waals surface area contributed by atoms with Crippen molar-refractivity contribution in [3.63, 3.8) is 0 Å². The number of fused-ring (bicyclic) bond motifs is 2. The predicted molar refractivity (Wildman–Crippen MR) is 85.6 cm³/mol. The number of nitro benzene ring substituents is 1. The molecule has 0 aromatic heterocycles. The summed E-state index contributed by atoms with van der Waals surface area (Å²) in [5.41, 5.74) is 2.28. The van der Waals surface area contributed by atoms with E-state index in [1.165, 1.54) is 12.1 Å². The highest BCUT2D eigenvalue weighted by Crippen LogP contribution is 2.44. The molecular formula is C17H14N2O5. The largest absolute Gasteiger partial charge is 0.486 e. The molecule has 0 saturated carbocycles. The first-order valence-corrected chi connectivity index (χ1v) is 7.59. The maximum absolute atomic E-state index is 12.1. The van der Waals surface area contributed by atoms with E-state index >= 15 is 0 Å². The van der Waals surface area contributed by atoms with E-state index in [0.717, 1.165) is 11.1 Å². The van der Waals surface area contributed by atoms with Gasteiger partial charge in [-0.3, -0.25) is 14.9 Å². The second kappa shape index (κ2) is 5.52. The quantitative estimate of drug-likeness (QED) is 0.677. The highest BCUT2D eigenvalue weighted by atomic mass is 16.6. The number of ether oxygens (including phenoxy) is 2. The lowest BCUT2D eigenvalue weighted by Crippen LogP contribution is -2.24. The van der Waals surface area contributed by atoms with Crippen molar-refractivity contribution in [1.82, 2.24) is 0 Å². The number of hydrogen-bond donors (Lipinski definition) is 1. The van der Waals surface area contributed by atoms with Crippen LogP contribution < -0.4 is 14.8 Å². The second-order valence-corrected chi connectivity index (χ2v) is 5.74. The number of nitrogens with one attached hydrogen (secondary N) is 1. The summed E-state index contributed by atoms with van der Waals surface area (Å²) < 4.78 is 11.2. The Morgan fingerprint density at radius 3 is 2.62 bits per heavy atom. The van der Waals surface area contributed by atoms with Crippen LogP contribution in [0.3, 0.4) is 0 Å². The zero-order valence-corrected chi connectivity index (χ0v) is 12.7. The number of amides is 1. The number of benzene rings is 2. The van der Waals surface area contributed by atoms with Crippen LogP contribution in [0.2, 0.25) is 0 Å². The fourth-order valence-electron chi connectivity index (χ4n) is 3.15. The van der Waals surface area contributed by atoms with E-state index in [1.54, 1.807) is 18.2 Å². The minimum Gasteiger partial charge on any atom is -0.486 e. The van der Waals surface area contributed by atoms with Gasteiger partial charge in [0, 0.05) is 36.2 Å². The highest BCUT2D eigenvalue weighted by molar-refractivity contribution is 5.96. The van der Waals surface area contributed by atoms with Crippen LogP contribution in [0.5, 0.6) is 11.5 Å². The molecule has 0 radical (unpaired) electrons. The first-order valence-electron chi connectivity index (χ1n) is 7.59. The number of non-ortho nitro benzene ring substituents is 1. The van der Waals surface area contributed by atoms with Gasteiger partial charge in [0.15, 0.2) is 11.5 Å². The minimum absolute atomic E-state index is 0.0116. The van der Waals surface area contributed by atoms with Crippen molar-refractivity contribution in [1.29, 1.82) is 0 Å². The monoisotopic (exact) mass is 326 g/mol. The van der Waals surface area contributed by atoms with Crippen LogP contribution in [0.1, 0.15) is 23.5 Å². The molecule has 0 bridgehead atoms. The Morgan fingerprint density at radius 2 is 1.88 bits per heavy atom. The van der Waals surface area contributed by atoms with Crippen molar-refractivity contribution in [3.8, 4) is 11.5 Å². The zero-order chi connectivity index (χ0) is 16.7. The normalized spacial score (nSPS) is 18.5. The summed E-state index contributed by atoms with van der Waals surface area (Å²) in [6.07, 6.45) is 0.230. The first kappa shape index (κ1) is 14.5. The summed E-state index contributed by atoms with van der Waals surface area (Å²) >= 11 is 0. The Hall–Kier alpha value is -3.09. The van der Waals surface area contributed by atoms with E-state index in [2.05, 4.69) is 5.32 Å². The second-order valence-electron chi connectivity index (χ2n) is 5.74. The molecule has 2 aliphatic heterocycles. The molecule has 2 aliphatic rings. The lowest BCUT2D eigenvalue weighted by Gasteiger charge is -2.28. The molecule has 4 rings (SSSR count). The number of anilines is 1. The maximum Gasteiger partial charge on any atom is 0.269 e. The van der Waals surface area contributed by atoms with Crippen molar-refractivity contribution in [2.24, 2.45) is 0 Å². The average molecular weight is 326 g/mol. The molecule has 1 atom stereocenters. The number of hydrogen-bond acceptors (Lipinski definition) is 5. The molecule has 1 N–H and O–H groups in total. The van der Waals surface area contributed by atoms with Crippen LogP contribution in [0.25, 0.3) is 0 Å². The van der Waals surface area contributed by atoms with E-state index in [1.807, 2.05) is 6.07 Å². The van der Waals surface area contributed by atoms with Crippen LogP contribution in [0.4, 0.5) is 11.4 Å². The third-order valence-electron chi connectivity index (χ3n) is 4.24. The molecular weight excluding hydrogens is 312 g/mol. The van der Waals surface area contributed by atoms with Gasteiger partial charge < -0.3 is 14.8 Å². The van der Waals surface area contributed by atoms with E-state index in [-0.39, 0.29) is 23.9 Å². The Labute approximate surface area is 137 Å². The molecule has 1 amide bonds. The molecule has 7 heteroatoms. The summed E-state index contributed by atoms with van der Waals surface area (Å²) in [5.74, 6) is 0.840. The average Bonchev–Trinajstić information content (AvgIpc) is 2.59. The molecule has 0 fully saturated rings. The topological polar surface area (TPSA) is 90.7 Å². The van der Waals surface area contributed by atoms with E-state index in [0.29, 0.717) is 30.4 Å². The van der Waals surface area contributed by atoms with Crippen molar-refractivity contribution < 1.29 is 19.2 Å². The van der Waals surface area contributed by atoms with E-state index in [9.17, 15) is 14.9 Å². The van der Waals surface area contributed by atoms with Crippen LogP contribution in [-0.2, 0) is 4.79 Å². The summed E-state index contributed by atoms with van der Waals surface area (Å²) in [4.78, 5) is 22.7. The molecule has 24 heavy (non-hydrogen) atoms. The Morgan fingerprint density at radius 1 is 1.12 bits per heavy atom. The van der Waals surface area contributed by atoms with Gasteiger partial charge >= 0.3 is 0 Å². The van der Waals surface area contributed by atoms with Crippen molar-refractivity contribution in [2.75, 3.05) is 18.5 Å². The van der Waals surface area contributed by atoms with Gasteiger partial charge in [-0.15, -0.1) is 0 Å². The van der Waals surface area contributed by atoms with E-state index in [4.69, 9.17) is 9.47 Å². The van der Waals surface area contributed by atoms with Crippen molar-refractivity contribution in [3.05, 3.63) is 57.6 Å². The maximum atomic E-state index is 12.1. The fraction of sp³-hybridized carbons (Fsp3) is 0.235. The van der Waals surface area contributed by atoms with Gasteiger partial charge in [-0.25, -0.2) is 0 Å². The molecule has 0 aliphatic carbocycles. The fourth-order valence-corrected chi connectivity index (χ4v) is 3.15. The Balaban J connectivity index is 1.82. The zero-order valence-electron chi connectivity index (χ0n) is 12.7. The number of carbonyl (C=O) groups is 1. The van der Waals surface area contributed by atoms with Crippen molar-refractivity contribution in [2.45, 2.75) is 12.3 Å². The predicted octanol–water partition coefficient (Wildman–Crippen LogP) is 2.84. The van der Waals surface area contributed by atoms with Gasteiger partial charge in [0.1, 0.15) is 13.2 Å². The van der Waals surface area contributed by atoms with Crippen LogP contribution in [0, 0.1) is 10.1 Å². The molecule has 2 aromatic carbocycles. The van der Waals surface area contributed by atoms with Gasteiger partial charge in [-0.2, -0.15) is 0 Å². The number of rotatable bonds is 2. The molecule has 1 unspecified atom stereocenters. The molecule has 0 saturated heterocycles. The lowest BCUT2D eigenvalue weighted by molar-refractivity contribution is -0.384. The van der Waals surface area contributed by atoms with Crippen molar-refractivity contribution >= 4 is 17.3 Å². The summed E-state index contributed by atoms with van der Waals surface area (Å²) in [6.45, 7) is 0.938. The first-order chi connectivity index (χ1) is 11.6. The Bertz CT molecular complexity index is 849. The summed E-state index contributed by atoms with van der Waals surface area (Å²) in [6, 6.07) is 10.0. The third kappa shape index (κ3) is 2.44. The molecule has 0 spiro atoms.